The Bertz CT molecular complexity index is 998. The van der Waals surface area contributed by atoms with Gasteiger partial charge < -0.3 is 9.30 Å². The first-order valence-corrected chi connectivity index (χ1v) is 10.1. The highest BCUT2D eigenvalue weighted by atomic mass is 32.1. The molecule has 0 saturated carbocycles. The molecule has 1 aliphatic heterocycles. The number of hydrogen-bond donors (Lipinski definition) is 1. The number of hydrogen-bond acceptors (Lipinski definition) is 6. The Hall–Kier alpha value is -2.25. The Kier molecular flexibility index (Phi) is 4.97. The first-order chi connectivity index (χ1) is 13.0. The summed E-state index contributed by atoms with van der Waals surface area (Å²) in [7, 11) is 0. The molecular formula is C20H25N5OS. The monoisotopic (exact) mass is 383 g/mol. The molecule has 1 saturated heterocycles. The summed E-state index contributed by atoms with van der Waals surface area (Å²) in [6.07, 6.45) is 6.10. The summed E-state index contributed by atoms with van der Waals surface area (Å²) in [5.74, 6) is 0.756. The van der Waals surface area contributed by atoms with Gasteiger partial charge in [-0.05, 0) is 52.2 Å². The van der Waals surface area contributed by atoms with Crippen LogP contribution < -0.4 is 5.43 Å². The molecule has 0 aliphatic carbocycles. The normalized spacial score (nSPS) is 17.4. The van der Waals surface area contributed by atoms with Crippen LogP contribution >= 0.6 is 11.3 Å². The van der Waals surface area contributed by atoms with Crippen LogP contribution in [0.25, 0.3) is 10.2 Å². The highest BCUT2D eigenvalue weighted by molar-refractivity contribution is 7.18. The highest BCUT2D eigenvalue weighted by Crippen LogP contribution is 2.32. The smallest absolute Gasteiger partial charge is 0.158 e. The summed E-state index contributed by atoms with van der Waals surface area (Å²) in [6.45, 7) is 10.3. The zero-order chi connectivity index (χ0) is 19.0. The third kappa shape index (κ3) is 3.49. The number of aromatic nitrogens is 3. The maximum Gasteiger partial charge on any atom is 0.158 e. The van der Waals surface area contributed by atoms with E-state index in [-0.39, 0.29) is 0 Å². The van der Waals surface area contributed by atoms with Crippen LogP contribution in [0.1, 0.15) is 40.2 Å². The summed E-state index contributed by atoms with van der Waals surface area (Å²) < 4.78 is 8.12. The van der Waals surface area contributed by atoms with E-state index in [4.69, 9.17) is 4.74 Å². The van der Waals surface area contributed by atoms with Crippen molar-refractivity contribution < 1.29 is 4.74 Å². The molecule has 1 fully saturated rings. The molecule has 0 bridgehead atoms. The Labute approximate surface area is 163 Å². The molecule has 0 amide bonds. The minimum absolute atomic E-state index is 0.330. The zero-order valence-electron chi connectivity index (χ0n) is 16.2. The van der Waals surface area contributed by atoms with Gasteiger partial charge in [-0.1, -0.05) is 0 Å². The van der Waals surface area contributed by atoms with Crippen molar-refractivity contribution in [3.05, 3.63) is 39.8 Å². The van der Waals surface area contributed by atoms with E-state index < -0.39 is 0 Å². The van der Waals surface area contributed by atoms with Crippen molar-refractivity contribution in [3.8, 4) is 0 Å². The maximum atomic E-state index is 5.79. The van der Waals surface area contributed by atoms with Gasteiger partial charge >= 0.3 is 0 Å². The third-order valence-corrected chi connectivity index (χ3v) is 6.48. The van der Waals surface area contributed by atoms with E-state index in [1.54, 1.807) is 17.7 Å². The van der Waals surface area contributed by atoms with Crippen molar-refractivity contribution in [1.82, 2.24) is 14.5 Å². The predicted octanol–water partition coefficient (Wildman–Crippen LogP) is 4.35. The molecule has 7 heteroatoms. The van der Waals surface area contributed by atoms with E-state index >= 15 is 0 Å². The Morgan fingerprint density at radius 1 is 1.33 bits per heavy atom. The fourth-order valence-corrected chi connectivity index (χ4v) is 4.66. The van der Waals surface area contributed by atoms with Gasteiger partial charge in [-0.15, -0.1) is 11.3 Å². The van der Waals surface area contributed by atoms with Gasteiger partial charge in [0.05, 0.1) is 17.7 Å². The van der Waals surface area contributed by atoms with Crippen LogP contribution in [-0.4, -0.2) is 33.5 Å². The lowest BCUT2D eigenvalue weighted by atomic mass is 10.2. The molecule has 1 atom stereocenters. The number of rotatable bonds is 5. The largest absolute Gasteiger partial charge is 0.376 e. The van der Waals surface area contributed by atoms with Gasteiger partial charge in [-0.3, -0.25) is 5.43 Å². The molecule has 1 aliphatic rings. The zero-order valence-corrected chi connectivity index (χ0v) is 17.1. The molecule has 0 unspecified atom stereocenters. The Morgan fingerprint density at radius 2 is 2.19 bits per heavy atom. The molecule has 0 spiro atoms. The van der Waals surface area contributed by atoms with Crippen molar-refractivity contribution in [1.29, 1.82) is 0 Å². The molecule has 4 rings (SSSR count). The van der Waals surface area contributed by atoms with E-state index in [9.17, 15) is 0 Å². The highest BCUT2D eigenvalue weighted by Gasteiger charge is 2.18. The maximum absolute atomic E-state index is 5.79. The second-order valence-electron chi connectivity index (χ2n) is 7.13. The molecule has 3 aromatic rings. The average Bonchev–Trinajstić information content (AvgIpc) is 3.33. The topological polar surface area (TPSA) is 64.3 Å². The summed E-state index contributed by atoms with van der Waals surface area (Å²) in [5.41, 5.74) is 7.88. The second-order valence-corrected chi connectivity index (χ2v) is 8.33. The van der Waals surface area contributed by atoms with Gasteiger partial charge in [0.25, 0.3) is 0 Å². The number of ether oxygens (including phenoxy) is 1. The molecule has 4 heterocycles. The van der Waals surface area contributed by atoms with E-state index in [2.05, 4.69) is 58.8 Å². The van der Waals surface area contributed by atoms with Crippen molar-refractivity contribution in [3.63, 3.8) is 0 Å². The van der Waals surface area contributed by atoms with Gasteiger partial charge in [0, 0.05) is 35.0 Å². The van der Waals surface area contributed by atoms with E-state index in [1.807, 2.05) is 6.21 Å². The SMILES string of the molecule is Cc1sc2ncnc(N/N=C\c3cc(C)n(C[C@H]4CCCO4)c3C)c2c1C. The molecule has 1 N–H and O–H groups in total. The van der Waals surface area contributed by atoms with Crippen LogP contribution in [0, 0.1) is 27.7 Å². The van der Waals surface area contributed by atoms with Crippen LogP contribution in [0.3, 0.4) is 0 Å². The van der Waals surface area contributed by atoms with Crippen molar-refractivity contribution in [2.24, 2.45) is 5.10 Å². The lowest BCUT2D eigenvalue weighted by Gasteiger charge is -2.14. The Balaban J connectivity index is 1.54. The lowest BCUT2D eigenvalue weighted by molar-refractivity contribution is 0.0962. The van der Waals surface area contributed by atoms with E-state index in [1.165, 1.54) is 21.8 Å². The number of fused-ring (bicyclic) bond motifs is 1. The number of thiophene rings is 1. The van der Waals surface area contributed by atoms with Crippen LogP contribution in [-0.2, 0) is 11.3 Å². The molecule has 0 radical (unpaired) electrons. The number of hydrazone groups is 1. The standard InChI is InChI=1S/C20H25N5OS/c1-12-8-16(14(3)25(12)10-17-6-5-7-26-17)9-23-24-19-18-13(2)15(4)27-20(18)22-11-21-19/h8-9,11,17H,5-7,10H2,1-4H3,(H,21,22,24)/b23-9-/t17-/m1/s1. The molecule has 27 heavy (non-hydrogen) atoms. The summed E-state index contributed by atoms with van der Waals surface area (Å²) >= 11 is 1.69. The second kappa shape index (κ2) is 7.40. The molecule has 3 aromatic heterocycles. The molecule has 0 aromatic carbocycles. The molecule has 6 nitrogen and oxygen atoms in total. The van der Waals surface area contributed by atoms with Crippen LogP contribution in [0.2, 0.25) is 0 Å². The fraction of sp³-hybridized carbons (Fsp3) is 0.450. The van der Waals surface area contributed by atoms with Crippen LogP contribution in [0.4, 0.5) is 5.82 Å². The first kappa shape index (κ1) is 18.1. The van der Waals surface area contributed by atoms with Gasteiger partial charge in [0.1, 0.15) is 11.2 Å². The first-order valence-electron chi connectivity index (χ1n) is 9.32. The summed E-state index contributed by atoms with van der Waals surface area (Å²) in [6, 6.07) is 2.17. The molecular weight excluding hydrogens is 358 g/mol. The quantitative estimate of drug-likeness (QED) is 0.525. The van der Waals surface area contributed by atoms with Crippen molar-refractivity contribution in [2.45, 2.75) is 53.2 Å². The minimum atomic E-state index is 0.330. The van der Waals surface area contributed by atoms with Gasteiger partial charge in [0.2, 0.25) is 0 Å². The van der Waals surface area contributed by atoms with Gasteiger partial charge in [0.15, 0.2) is 5.82 Å². The fourth-order valence-electron chi connectivity index (χ4n) is 3.66. The predicted molar refractivity (Wildman–Crippen MR) is 111 cm³/mol. The Morgan fingerprint density at radius 3 is 2.96 bits per heavy atom. The van der Waals surface area contributed by atoms with E-state index in [0.717, 1.165) is 47.6 Å². The van der Waals surface area contributed by atoms with Gasteiger partial charge in [-0.25, -0.2) is 9.97 Å². The minimum Gasteiger partial charge on any atom is -0.376 e. The summed E-state index contributed by atoms with van der Waals surface area (Å²) in [5, 5.41) is 5.51. The third-order valence-electron chi connectivity index (χ3n) is 5.36. The van der Waals surface area contributed by atoms with Crippen molar-refractivity contribution >= 4 is 33.6 Å². The summed E-state index contributed by atoms with van der Waals surface area (Å²) in [4.78, 5) is 11.0. The number of nitrogens with zero attached hydrogens (tertiary/aromatic N) is 4. The molecule has 142 valence electrons. The van der Waals surface area contributed by atoms with Crippen LogP contribution in [0.5, 0.6) is 0 Å². The van der Waals surface area contributed by atoms with Crippen molar-refractivity contribution in [2.75, 3.05) is 12.0 Å². The lowest BCUT2D eigenvalue weighted by Crippen LogP contribution is -2.16. The van der Waals surface area contributed by atoms with E-state index in [0.29, 0.717) is 6.10 Å². The van der Waals surface area contributed by atoms with Gasteiger partial charge in [-0.2, -0.15) is 5.10 Å². The number of aryl methyl sites for hydroxylation is 3. The number of anilines is 1. The average molecular weight is 384 g/mol. The van der Waals surface area contributed by atoms with Crippen LogP contribution in [0.15, 0.2) is 17.5 Å². The number of nitrogens with one attached hydrogen (secondary N) is 1.